The van der Waals surface area contributed by atoms with Crippen LogP contribution in [0.3, 0.4) is 0 Å². The minimum Gasteiger partial charge on any atom is -0.404 e. The molecule has 0 N–H and O–H groups in total. The van der Waals surface area contributed by atoms with E-state index in [0.717, 1.165) is 19.3 Å². The maximum Gasteiger partial charge on any atom is 0.573 e. The topological polar surface area (TPSA) is 48.9 Å². The second-order valence-corrected chi connectivity index (χ2v) is 7.91. The molecule has 0 radical (unpaired) electrons. The number of alkyl halides is 3. The van der Waals surface area contributed by atoms with E-state index in [-0.39, 0.29) is 11.7 Å². The fourth-order valence-corrected chi connectivity index (χ4v) is 4.05. The van der Waals surface area contributed by atoms with Gasteiger partial charge in [0.2, 0.25) is 5.91 Å². The standard InChI is InChI=1S/C19H27F3N4O2/c1-14-9-15(2)12-26(11-14)18(27)13-24-5-7-25(8-6-24)17-4-3-16(10-23-17)28-19(20,21)22/h3-4,10,14-15H,5-9,11-13H2,1-2H3. The quantitative estimate of drug-likeness (QED) is 0.778. The van der Waals surface area contributed by atoms with Crippen LogP contribution in [0.2, 0.25) is 0 Å². The number of halogens is 3. The Kier molecular flexibility index (Phi) is 6.32. The zero-order chi connectivity index (χ0) is 20.3. The first kappa shape index (κ1) is 20.7. The molecule has 0 aromatic carbocycles. The summed E-state index contributed by atoms with van der Waals surface area (Å²) in [6.45, 7) is 9.23. The Labute approximate surface area is 163 Å². The fraction of sp³-hybridized carbons (Fsp3) is 0.684. The Morgan fingerprint density at radius 3 is 2.32 bits per heavy atom. The van der Waals surface area contributed by atoms with Crippen molar-refractivity contribution in [2.45, 2.75) is 26.6 Å². The van der Waals surface area contributed by atoms with Crippen molar-refractivity contribution < 1.29 is 22.7 Å². The highest BCUT2D eigenvalue weighted by atomic mass is 19.4. The van der Waals surface area contributed by atoms with Gasteiger partial charge >= 0.3 is 6.36 Å². The van der Waals surface area contributed by atoms with Gasteiger partial charge in [-0.2, -0.15) is 0 Å². The number of piperazine rings is 1. The van der Waals surface area contributed by atoms with Crippen LogP contribution in [0.5, 0.6) is 5.75 Å². The Balaban J connectivity index is 1.47. The van der Waals surface area contributed by atoms with Gasteiger partial charge in [-0.25, -0.2) is 4.98 Å². The molecule has 2 atom stereocenters. The summed E-state index contributed by atoms with van der Waals surface area (Å²) in [5.41, 5.74) is 0. The third kappa shape index (κ3) is 5.73. The van der Waals surface area contributed by atoms with Crippen molar-refractivity contribution in [3.8, 4) is 5.75 Å². The number of ether oxygens (including phenoxy) is 1. The summed E-state index contributed by atoms with van der Waals surface area (Å²) in [4.78, 5) is 22.8. The van der Waals surface area contributed by atoms with Gasteiger partial charge in [0, 0.05) is 39.3 Å². The number of likely N-dealkylation sites (tertiary alicyclic amines) is 1. The molecule has 0 aliphatic carbocycles. The molecule has 3 heterocycles. The third-order valence-electron chi connectivity index (χ3n) is 5.23. The second-order valence-electron chi connectivity index (χ2n) is 7.91. The van der Waals surface area contributed by atoms with E-state index in [1.54, 1.807) is 0 Å². The molecule has 2 saturated heterocycles. The summed E-state index contributed by atoms with van der Waals surface area (Å²) in [6, 6.07) is 2.79. The number of pyridine rings is 1. The summed E-state index contributed by atoms with van der Waals surface area (Å²) in [7, 11) is 0. The number of anilines is 1. The van der Waals surface area contributed by atoms with Crippen LogP contribution in [0, 0.1) is 11.8 Å². The van der Waals surface area contributed by atoms with E-state index >= 15 is 0 Å². The van der Waals surface area contributed by atoms with E-state index in [9.17, 15) is 18.0 Å². The van der Waals surface area contributed by atoms with E-state index in [2.05, 4.69) is 28.5 Å². The molecule has 2 fully saturated rings. The molecule has 28 heavy (non-hydrogen) atoms. The third-order valence-corrected chi connectivity index (χ3v) is 5.23. The van der Waals surface area contributed by atoms with Gasteiger partial charge in [-0.1, -0.05) is 13.8 Å². The molecule has 156 valence electrons. The number of carbonyl (C=O) groups excluding carboxylic acids is 1. The minimum atomic E-state index is -4.72. The largest absolute Gasteiger partial charge is 0.573 e. The van der Waals surface area contributed by atoms with E-state index in [1.807, 2.05) is 9.80 Å². The van der Waals surface area contributed by atoms with Crippen molar-refractivity contribution in [2.75, 3.05) is 50.7 Å². The number of amides is 1. The second kappa shape index (κ2) is 8.55. The fourth-order valence-electron chi connectivity index (χ4n) is 4.05. The zero-order valence-corrected chi connectivity index (χ0v) is 16.3. The molecule has 1 aromatic rings. The van der Waals surface area contributed by atoms with Crippen molar-refractivity contribution in [3.63, 3.8) is 0 Å². The zero-order valence-electron chi connectivity index (χ0n) is 16.3. The van der Waals surface area contributed by atoms with Crippen molar-refractivity contribution in [2.24, 2.45) is 11.8 Å². The molecule has 6 nitrogen and oxygen atoms in total. The van der Waals surface area contributed by atoms with Crippen LogP contribution in [0.25, 0.3) is 0 Å². The highest BCUT2D eigenvalue weighted by Gasteiger charge is 2.31. The first-order valence-corrected chi connectivity index (χ1v) is 9.66. The van der Waals surface area contributed by atoms with E-state index in [4.69, 9.17) is 0 Å². The predicted molar refractivity (Wildman–Crippen MR) is 99.1 cm³/mol. The number of rotatable bonds is 4. The maximum atomic E-state index is 12.6. The Morgan fingerprint density at radius 1 is 1.14 bits per heavy atom. The smallest absolute Gasteiger partial charge is 0.404 e. The average molecular weight is 400 g/mol. The molecule has 1 amide bonds. The predicted octanol–water partition coefficient (Wildman–Crippen LogP) is 2.61. The van der Waals surface area contributed by atoms with Crippen LogP contribution in [0.4, 0.5) is 19.0 Å². The minimum absolute atomic E-state index is 0.179. The molecule has 9 heteroatoms. The summed E-state index contributed by atoms with van der Waals surface area (Å²) in [6.07, 6.45) is -2.47. The molecule has 2 aliphatic heterocycles. The van der Waals surface area contributed by atoms with Crippen LogP contribution in [0.1, 0.15) is 20.3 Å². The lowest BCUT2D eigenvalue weighted by molar-refractivity contribution is -0.274. The summed E-state index contributed by atoms with van der Waals surface area (Å²) in [5.74, 6) is 1.54. The SMILES string of the molecule is CC1CC(C)CN(C(=O)CN2CCN(c3ccc(OC(F)(F)F)cn3)CC2)C1. The monoisotopic (exact) mass is 400 g/mol. The van der Waals surface area contributed by atoms with Crippen LogP contribution >= 0.6 is 0 Å². The molecule has 0 saturated carbocycles. The van der Waals surface area contributed by atoms with Gasteiger partial charge in [-0.3, -0.25) is 9.69 Å². The maximum absolute atomic E-state index is 12.6. The lowest BCUT2D eigenvalue weighted by atomic mass is 9.92. The summed E-state index contributed by atoms with van der Waals surface area (Å²) < 4.78 is 40.5. The van der Waals surface area contributed by atoms with Crippen LogP contribution in [-0.2, 0) is 4.79 Å². The molecule has 0 spiro atoms. The average Bonchev–Trinajstić information content (AvgIpc) is 2.61. The Hall–Kier alpha value is -2.03. The number of hydrogen-bond acceptors (Lipinski definition) is 5. The molecule has 0 bridgehead atoms. The van der Waals surface area contributed by atoms with Gasteiger partial charge in [-0.15, -0.1) is 13.2 Å². The van der Waals surface area contributed by atoms with E-state index in [1.165, 1.54) is 18.6 Å². The Morgan fingerprint density at radius 2 is 1.79 bits per heavy atom. The molecule has 2 unspecified atom stereocenters. The molecule has 1 aromatic heterocycles. The van der Waals surface area contributed by atoms with Crippen LogP contribution in [0.15, 0.2) is 18.3 Å². The van der Waals surface area contributed by atoms with Crippen LogP contribution in [-0.4, -0.2) is 72.9 Å². The van der Waals surface area contributed by atoms with Gasteiger partial charge in [0.15, 0.2) is 0 Å². The molecular formula is C19H27F3N4O2. The van der Waals surface area contributed by atoms with Crippen LogP contribution < -0.4 is 9.64 Å². The van der Waals surface area contributed by atoms with Gasteiger partial charge in [0.25, 0.3) is 0 Å². The molecular weight excluding hydrogens is 373 g/mol. The molecule has 2 aliphatic rings. The number of piperidine rings is 1. The number of aromatic nitrogens is 1. The normalized spacial score (nSPS) is 24.3. The highest BCUT2D eigenvalue weighted by Crippen LogP contribution is 2.24. The summed E-state index contributed by atoms with van der Waals surface area (Å²) in [5, 5.41) is 0. The van der Waals surface area contributed by atoms with Gasteiger partial charge < -0.3 is 14.5 Å². The number of carbonyl (C=O) groups is 1. The van der Waals surface area contributed by atoms with Crippen molar-refractivity contribution >= 4 is 11.7 Å². The van der Waals surface area contributed by atoms with Gasteiger partial charge in [0.1, 0.15) is 11.6 Å². The lowest BCUT2D eigenvalue weighted by Crippen LogP contribution is -2.52. The number of nitrogens with zero attached hydrogens (tertiary/aromatic N) is 4. The van der Waals surface area contributed by atoms with Crippen molar-refractivity contribution in [1.29, 1.82) is 0 Å². The van der Waals surface area contributed by atoms with E-state index in [0.29, 0.717) is 50.4 Å². The summed E-state index contributed by atoms with van der Waals surface area (Å²) >= 11 is 0. The first-order chi connectivity index (χ1) is 13.2. The van der Waals surface area contributed by atoms with Crippen molar-refractivity contribution in [1.82, 2.24) is 14.8 Å². The van der Waals surface area contributed by atoms with Gasteiger partial charge in [0.05, 0.1) is 12.7 Å². The van der Waals surface area contributed by atoms with Gasteiger partial charge in [-0.05, 0) is 30.4 Å². The Bertz CT molecular complexity index is 650. The van der Waals surface area contributed by atoms with Crippen molar-refractivity contribution in [3.05, 3.63) is 18.3 Å². The molecule has 3 rings (SSSR count). The lowest BCUT2D eigenvalue weighted by Gasteiger charge is -2.38. The first-order valence-electron chi connectivity index (χ1n) is 9.66. The highest BCUT2D eigenvalue weighted by molar-refractivity contribution is 5.78. The number of hydrogen-bond donors (Lipinski definition) is 0. The van der Waals surface area contributed by atoms with E-state index < -0.39 is 6.36 Å².